The molecule has 4 heterocycles. The highest BCUT2D eigenvalue weighted by Crippen LogP contribution is 2.36. The van der Waals surface area contributed by atoms with Gasteiger partial charge in [0.25, 0.3) is 34.7 Å². The van der Waals surface area contributed by atoms with Crippen molar-refractivity contribution in [2.24, 2.45) is 10.2 Å². The van der Waals surface area contributed by atoms with E-state index in [2.05, 4.69) is 10.2 Å². The zero-order valence-corrected chi connectivity index (χ0v) is 38.2. The van der Waals surface area contributed by atoms with E-state index in [0.717, 1.165) is 17.7 Å². The van der Waals surface area contributed by atoms with Crippen molar-refractivity contribution in [2.75, 3.05) is 5.73 Å². The lowest BCUT2D eigenvalue weighted by Gasteiger charge is -2.23. The van der Waals surface area contributed by atoms with E-state index in [0.29, 0.717) is 29.7 Å². The number of amides is 4. The Morgan fingerprint density at radius 1 is 0.521 bits per heavy atom. The van der Waals surface area contributed by atoms with E-state index in [-0.39, 0.29) is 45.3 Å². The van der Waals surface area contributed by atoms with Crippen molar-refractivity contribution >= 4 is 40.7 Å². The number of halogens is 12. The molecule has 0 atom stereocenters. The van der Waals surface area contributed by atoms with Crippen LogP contribution in [-0.4, -0.2) is 98.7 Å². The molecule has 2 aromatic carbocycles. The lowest BCUT2D eigenvalue weighted by molar-refractivity contribution is -0.147. The summed E-state index contributed by atoms with van der Waals surface area (Å²) in [4.78, 5) is 99.6. The second kappa shape index (κ2) is 21.9. The fraction of sp³-hybridized carbons (Fsp3) is 0.429. The molecule has 0 saturated carbocycles. The molecule has 0 spiro atoms. The van der Waals surface area contributed by atoms with Crippen LogP contribution < -0.4 is 28.2 Å². The van der Waals surface area contributed by atoms with Crippen LogP contribution in [-0.2, 0) is 26.2 Å². The SMILES string of the molecule is CCC(CC)N1C(=O)c2cccc(N)c2C1=O.CCC(CC)N1C(=O)c2cccc(N=Nc3c(O)n(CC(F)(F)F)c(=O)n(CC(F)(F)F)c3=O)c2C1=O.O=c1cc(O)n(CC(F)(F)F)c(=O)n1CC(F)(F)F. The molecule has 2 aromatic heterocycles. The van der Waals surface area contributed by atoms with Gasteiger partial charge in [0.05, 0.1) is 34.0 Å². The number of anilines is 1. The van der Waals surface area contributed by atoms with Crippen LogP contribution in [0.5, 0.6) is 11.8 Å². The average molecular weight is 1060 g/mol. The van der Waals surface area contributed by atoms with Gasteiger partial charge in [-0.1, -0.05) is 39.8 Å². The van der Waals surface area contributed by atoms with Crippen molar-refractivity contribution in [1.82, 2.24) is 28.1 Å². The molecule has 31 heteroatoms. The summed E-state index contributed by atoms with van der Waals surface area (Å²) < 4.78 is 148. The molecule has 2 aliphatic rings. The number of hydrogen-bond donors (Lipinski definition) is 3. The van der Waals surface area contributed by atoms with Crippen molar-refractivity contribution in [3.63, 3.8) is 0 Å². The van der Waals surface area contributed by atoms with E-state index in [1.165, 1.54) is 23.1 Å². The Bertz CT molecular complexity index is 3060. The fourth-order valence-electron chi connectivity index (χ4n) is 7.43. The minimum Gasteiger partial charge on any atom is -0.494 e. The molecule has 2 aliphatic heterocycles. The number of carbonyl (C=O) groups excluding carboxylic acids is 4. The minimum atomic E-state index is -5.18. The van der Waals surface area contributed by atoms with Gasteiger partial charge in [-0.3, -0.25) is 52.3 Å². The first-order valence-corrected chi connectivity index (χ1v) is 21.2. The van der Waals surface area contributed by atoms with Gasteiger partial charge in [-0.05, 0) is 49.9 Å². The molecule has 398 valence electrons. The third-order valence-corrected chi connectivity index (χ3v) is 10.8. The number of benzene rings is 2. The molecule has 0 saturated heterocycles. The zero-order valence-electron chi connectivity index (χ0n) is 38.2. The highest BCUT2D eigenvalue weighted by atomic mass is 19.4. The number of nitrogens with two attached hydrogens (primary N) is 1. The van der Waals surface area contributed by atoms with Crippen LogP contribution >= 0.6 is 0 Å². The topological polar surface area (TPSA) is 254 Å². The molecule has 4 amide bonds. The normalized spacial score (nSPS) is 14.0. The number of imide groups is 2. The lowest BCUT2D eigenvalue weighted by Crippen LogP contribution is -2.44. The molecule has 73 heavy (non-hydrogen) atoms. The number of nitrogen functional groups attached to an aromatic ring is 1. The summed E-state index contributed by atoms with van der Waals surface area (Å²) in [5.41, 5.74) is -2.48. The largest absolute Gasteiger partial charge is 0.494 e. The number of azo groups is 1. The zero-order chi connectivity index (χ0) is 55.5. The van der Waals surface area contributed by atoms with E-state index in [4.69, 9.17) is 10.8 Å². The number of carbonyl (C=O) groups is 4. The van der Waals surface area contributed by atoms with Crippen LogP contribution in [0, 0.1) is 0 Å². The first-order valence-electron chi connectivity index (χ1n) is 21.2. The molecule has 0 aliphatic carbocycles. The number of alkyl halides is 12. The van der Waals surface area contributed by atoms with Crippen LogP contribution in [0.1, 0.15) is 94.8 Å². The maximum Gasteiger partial charge on any atom is 0.406 e. The Balaban J connectivity index is 0.000000267. The van der Waals surface area contributed by atoms with Crippen molar-refractivity contribution in [2.45, 2.75) is 116 Å². The van der Waals surface area contributed by atoms with Crippen LogP contribution in [0.25, 0.3) is 0 Å². The van der Waals surface area contributed by atoms with Crippen LogP contribution in [0.3, 0.4) is 0 Å². The quantitative estimate of drug-likeness (QED) is 0.0567. The predicted octanol–water partition coefficient (Wildman–Crippen LogP) is 6.93. The summed E-state index contributed by atoms with van der Waals surface area (Å²) in [6.45, 7) is -1.08. The Hall–Kier alpha value is -7.76. The van der Waals surface area contributed by atoms with Gasteiger partial charge in [-0.25, -0.2) is 14.2 Å². The smallest absolute Gasteiger partial charge is 0.406 e. The average Bonchev–Trinajstić information content (AvgIpc) is 3.69. The first kappa shape index (κ1) is 57.8. The third kappa shape index (κ3) is 13.2. The predicted molar refractivity (Wildman–Crippen MR) is 229 cm³/mol. The molecule has 0 fully saturated rings. The van der Waals surface area contributed by atoms with E-state index in [1.807, 2.05) is 13.8 Å². The van der Waals surface area contributed by atoms with Crippen LogP contribution in [0.15, 0.2) is 71.9 Å². The number of hydrogen-bond acceptors (Lipinski definition) is 13. The molecule has 19 nitrogen and oxygen atoms in total. The third-order valence-electron chi connectivity index (χ3n) is 10.8. The summed E-state index contributed by atoms with van der Waals surface area (Å²) >= 11 is 0. The number of aromatic nitrogens is 4. The highest BCUT2D eigenvalue weighted by Gasteiger charge is 2.42. The minimum absolute atomic E-state index is 0.0400. The summed E-state index contributed by atoms with van der Waals surface area (Å²) in [5, 5.41) is 26.1. The number of rotatable bonds is 12. The van der Waals surface area contributed by atoms with Gasteiger partial charge < -0.3 is 15.9 Å². The molecule has 4 N–H and O–H groups in total. The number of fused-ring (bicyclic) bond motifs is 2. The van der Waals surface area contributed by atoms with E-state index < -0.39 is 122 Å². The van der Waals surface area contributed by atoms with Gasteiger partial charge in [0.2, 0.25) is 17.4 Å². The fourth-order valence-corrected chi connectivity index (χ4v) is 7.43. The Labute approximate surface area is 401 Å². The second-order valence-electron chi connectivity index (χ2n) is 15.8. The number of aromatic hydroxyl groups is 2. The summed E-state index contributed by atoms with van der Waals surface area (Å²) in [6.07, 6.45) is -17.8. The van der Waals surface area contributed by atoms with Gasteiger partial charge in [0, 0.05) is 17.8 Å². The highest BCUT2D eigenvalue weighted by molar-refractivity contribution is 6.24. The van der Waals surface area contributed by atoms with Gasteiger partial charge in [0.15, 0.2) is 0 Å². The molecule has 0 bridgehead atoms. The van der Waals surface area contributed by atoms with E-state index >= 15 is 0 Å². The number of nitrogens with zero attached hydrogens (tertiary/aromatic N) is 8. The van der Waals surface area contributed by atoms with E-state index in [9.17, 15) is 96.1 Å². The Morgan fingerprint density at radius 2 is 0.918 bits per heavy atom. The molecular formula is C42H41F12N9O10. The summed E-state index contributed by atoms with van der Waals surface area (Å²) in [5.74, 6) is -4.90. The van der Waals surface area contributed by atoms with Gasteiger partial charge in [-0.15, -0.1) is 10.2 Å². The molecule has 0 radical (unpaired) electrons. The van der Waals surface area contributed by atoms with Gasteiger partial charge in [0.1, 0.15) is 26.2 Å². The van der Waals surface area contributed by atoms with Crippen molar-refractivity contribution < 1.29 is 82.1 Å². The van der Waals surface area contributed by atoms with Crippen molar-refractivity contribution in [1.29, 1.82) is 0 Å². The Morgan fingerprint density at radius 3 is 1.37 bits per heavy atom. The van der Waals surface area contributed by atoms with E-state index in [1.54, 1.807) is 32.0 Å². The lowest BCUT2D eigenvalue weighted by atomic mass is 10.1. The van der Waals surface area contributed by atoms with Crippen molar-refractivity contribution in [3.8, 4) is 11.8 Å². The van der Waals surface area contributed by atoms with Crippen LogP contribution in [0.2, 0.25) is 0 Å². The van der Waals surface area contributed by atoms with Crippen LogP contribution in [0.4, 0.5) is 69.7 Å². The molecule has 4 aromatic rings. The summed E-state index contributed by atoms with van der Waals surface area (Å²) in [6, 6.07) is 8.41. The van der Waals surface area contributed by atoms with Gasteiger partial charge in [-0.2, -0.15) is 52.7 Å². The molecule has 0 unspecified atom stereocenters. The van der Waals surface area contributed by atoms with Crippen molar-refractivity contribution in [3.05, 3.63) is 106 Å². The Kier molecular flexibility index (Phi) is 17.4. The summed E-state index contributed by atoms with van der Waals surface area (Å²) in [7, 11) is 0. The first-order chi connectivity index (χ1) is 33.6. The maximum atomic E-state index is 13.0. The standard InChI is InChI=1S/C21H19F6N5O5.C13H16N2O2.C8H6F6N2O3/c1-3-10(4-2)32-15(33)11-6-5-7-12(13(11)16(32)34)28-29-14-17(35)30(8-20(22,23)24)19(37)31(18(14)36)9-21(25,26)27;1-3-8(4-2)15-12(16)9-6-5-7-10(14)11(9)13(15)17;9-7(10,11)2-15-4(17)1-5(18)16(6(15)19)3-8(12,13)14/h5-7,10,35H,3-4,8-9H2,1-2H3;5-8H,3-4,14H2,1-2H3;1,17H,2-3H2. The maximum absolute atomic E-state index is 13.0. The molecular weight excluding hydrogens is 1020 g/mol. The monoisotopic (exact) mass is 1060 g/mol. The second-order valence-corrected chi connectivity index (χ2v) is 15.8. The van der Waals surface area contributed by atoms with Gasteiger partial charge >= 0.3 is 36.1 Å². The molecule has 6 rings (SSSR count).